The maximum absolute atomic E-state index is 5.58. The first kappa shape index (κ1) is 10.6. The highest BCUT2D eigenvalue weighted by Crippen LogP contribution is 2.18. The standard InChI is InChI=1S/C11H10BrNOS/c1-8-5-10(12)13-11(6-8)14-7-9-3-2-4-15-9/h2-6H,7H2,1H3. The van der Waals surface area contributed by atoms with Crippen LogP contribution in [0, 0.1) is 6.92 Å². The van der Waals surface area contributed by atoms with Gasteiger partial charge in [-0.2, -0.15) is 0 Å². The largest absolute Gasteiger partial charge is 0.472 e. The SMILES string of the molecule is Cc1cc(Br)nc(OCc2cccs2)c1. The zero-order valence-corrected chi connectivity index (χ0v) is 10.6. The van der Waals surface area contributed by atoms with Crippen LogP contribution in [0.1, 0.15) is 10.4 Å². The number of aryl methyl sites for hydroxylation is 1. The minimum absolute atomic E-state index is 0.584. The quantitative estimate of drug-likeness (QED) is 0.800. The Morgan fingerprint density at radius 2 is 2.33 bits per heavy atom. The molecule has 0 radical (unpaired) electrons. The van der Waals surface area contributed by atoms with Gasteiger partial charge in [0.1, 0.15) is 11.2 Å². The van der Waals surface area contributed by atoms with Gasteiger partial charge in [0.05, 0.1) is 0 Å². The van der Waals surface area contributed by atoms with Crippen LogP contribution < -0.4 is 4.74 Å². The summed E-state index contributed by atoms with van der Waals surface area (Å²) < 4.78 is 6.39. The molecule has 0 saturated heterocycles. The fourth-order valence-corrected chi connectivity index (χ4v) is 2.36. The molecule has 78 valence electrons. The van der Waals surface area contributed by atoms with Crippen molar-refractivity contribution in [2.45, 2.75) is 13.5 Å². The first-order valence-electron chi connectivity index (χ1n) is 4.53. The highest BCUT2D eigenvalue weighted by Gasteiger charge is 2.00. The lowest BCUT2D eigenvalue weighted by molar-refractivity contribution is 0.296. The molecule has 2 nitrogen and oxygen atoms in total. The number of hydrogen-bond donors (Lipinski definition) is 0. The molecule has 0 unspecified atom stereocenters. The number of rotatable bonds is 3. The molecular formula is C11H10BrNOS. The minimum Gasteiger partial charge on any atom is -0.472 e. The van der Waals surface area contributed by atoms with Crippen LogP contribution >= 0.6 is 27.3 Å². The molecule has 0 amide bonds. The van der Waals surface area contributed by atoms with Crippen LogP contribution in [0.5, 0.6) is 5.88 Å². The molecule has 0 bridgehead atoms. The van der Waals surface area contributed by atoms with Crippen molar-refractivity contribution in [3.05, 3.63) is 44.7 Å². The monoisotopic (exact) mass is 283 g/mol. The maximum atomic E-state index is 5.58. The van der Waals surface area contributed by atoms with E-state index in [1.807, 2.05) is 30.5 Å². The molecule has 0 aliphatic heterocycles. The average Bonchev–Trinajstić information content (AvgIpc) is 2.65. The summed E-state index contributed by atoms with van der Waals surface area (Å²) in [6.45, 7) is 2.60. The predicted molar refractivity (Wildman–Crippen MR) is 65.3 cm³/mol. The second kappa shape index (κ2) is 4.77. The van der Waals surface area contributed by atoms with Crippen LogP contribution in [-0.4, -0.2) is 4.98 Å². The molecule has 2 heterocycles. The van der Waals surface area contributed by atoms with E-state index in [4.69, 9.17) is 4.74 Å². The summed E-state index contributed by atoms with van der Waals surface area (Å²) in [5, 5.41) is 2.04. The van der Waals surface area contributed by atoms with Crippen LogP contribution in [0.3, 0.4) is 0 Å². The van der Waals surface area contributed by atoms with Crippen LogP contribution in [-0.2, 0) is 6.61 Å². The average molecular weight is 284 g/mol. The van der Waals surface area contributed by atoms with E-state index in [9.17, 15) is 0 Å². The number of hydrogen-bond acceptors (Lipinski definition) is 3. The van der Waals surface area contributed by atoms with Gasteiger partial charge in [-0.05, 0) is 45.9 Å². The molecule has 0 aliphatic rings. The summed E-state index contributed by atoms with van der Waals surface area (Å²) >= 11 is 5.03. The van der Waals surface area contributed by atoms with Gasteiger partial charge < -0.3 is 4.74 Å². The first-order chi connectivity index (χ1) is 7.24. The van der Waals surface area contributed by atoms with Crippen molar-refractivity contribution in [2.24, 2.45) is 0 Å². The van der Waals surface area contributed by atoms with Crippen molar-refractivity contribution in [3.8, 4) is 5.88 Å². The number of aromatic nitrogens is 1. The number of pyridine rings is 1. The summed E-state index contributed by atoms with van der Waals surface area (Å²) in [6.07, 6.45) is 0. The molecular weight excluding hydrogens is 274 g/mol. The summed E-state index contributed by atoms with van der Waals surface area (Å²) in [6, 6.07) is 7.95. The van der Waals surface area contributed by atoms with E-state index in [1.54, 1.807) is 11.3 Å². The summed E-state index contributed by atoms with van der Waals surface area (Å²) in [4.78, 5) is 5.44. The molecule has 2 rings (SSSR count). The van der Waals surface area contributed by atoms with Crippen LogP contribution in [0.4, 0.5) is 0 Å². The van der Waals surface area contributed by atoms with Gasteiger partial charge in [0.15, 0.2) is 0 Å². The van der Waals surface area contributed by atoms with E-state index in [0.29, 0.717) is 12.5 Å². The Morgan fingerprint density at radius 3 is 3.00 bits per heavy atom. The van der Waals surface area contributed by atoms with Crippen molar-refractivity contribution in [2.75, 3.05) is 0 Å². The Morgan fingerprint density at radius 1 is 1.47 bits per heavy atom. The van der Waals surface area contributed by atoms with Crippen LogP contribution in [0.25, 0.3) is 0 Å². The van der Waals surface area contributed by atoms with Crippen molar-refractivity contribution in [1.29, 1.82) is 0 Å². The normalized spacial score (nSPS) is 10.3. The molecule has 2 aromatic rings. The summed E-state index contributed by atoms with van der Waals surface area (Å²) in [5.41, 5.74) is 1.14. The number of thiophene rings is 1. The van der Waals surface area contributed by atoms with Gasteiger partial charge in [-0.1, -0.05) is 6.07 Å². The molecule has 4 heteroatoms. The Bertz CT molecular complexity index is 422. The van der Waals surface area contributed by atoms with Gasteiger partial charge >= 0.3 is 0 Å². The van der Waals surface area contributed by atoms with Crippen LogP contribution in [0.2, 0.25) is 0 Å². The third kappa shape index (κ3) is 3.04. The van der Waals surface area contributed by atoms with Crippen molar-refractivity contribution >= 4 is 27.3 Å². The topological polar surface area (TPSA) is 22.1 Å². The van der Waals surface area contributed by atoms with Gasteiger partial charge in [-0.15, -0.1) is 11.3 Å². The highest BCUT2D eigenvalue weighted by atomic mass is 79.9. The lowest BCUT2D eigenvalue weighted by Crippen LogP contribution is -1.95. The molecule has 0 spiro atoms. The number of ether oxygens (including phenoxy) is 1. The molecule has 0 N–H and O–H groups in total. The smallest absolute Gasteiger partial charge is 0.214 e. The fourth-order valence-electron chi connectivity index (χ4n) is 1.21. The Kier molecular flexibility index (Phi) is 3.38. The third-order valence-electron chi connectivity index (χ3n) is 1.86. The molecule has 15 heavy (non-hydrogen) atoms. The second-order valence-electron chi connectivity index (χ2n) is 3.17. The van der Waals surface area contributed by atoms with Gasteiger partial charge in [-0.3, -0.25) is 0 Å². The number of halogens is 1. The molecule has 0 fully saturated rings. The van der Waals surface area contributed by atoms with E-state index in [-0.39, 0.29) is 0 Å². The first-order valence-corrected chi connectivity index (χ1v) is 6.21. The van der Waals surface area contributed by atoms with Crippen molar-refractivity contribution in [1.82, 2.24) is 4.98 Å². The van der Waals surface area contributed by atoms with Crippen LogP contribution in [0.15, 0.2) is 34.2 Å². The van der Waals surface area contributed by atoms with E-state index in [0.717, 1.165) is 10.2 Å². The maximum Gasteiger partial charge on any atom is 0.214 e. The fraction of sp³-hybridized carbons (Fsp3) is 0.182. The van der Waals surface area contributed by atoms with Gasteiger partial charge in [0.2, 0.25) is 5.88 Å². The Hall–Kier alpha value is -0.870. The lowest BCUT2D eigenvalue weighted by atomic mass is 10.3. The summed E-state index contributed by atoms with van der Waals surface area (Å²) in [7, 11) is 0. The molecule has 2 aromatic heterocycles. The predicted octanol–water partition coefficient (Wildman–Crippen LogP) is 3.79. The Labute approximate surface area is 101 Å². The van der Waals surface area contributed by atoms with Gasteiger partial charge in [0.25, 0.3) is 0 Å². The third-order valence-corrected chi connectivity index (χ3v) is 3.11. The zero-order valence-electron chi connectivity index (χ0n) is 8.24. The lowest BCUT2D eigenvalue weighted by Gasteiger charge is -2.04. The van der Waals surface area contributed by atoms with Crippen molar-refractivity contribution in [3.63, 3.8) is 0 Å². The van der Waals surface area contributed by atoms with E-state index < -0.39 is 0 Å². The molecule has 0 aromatic carbocycles. The van der Waals surface area contributed by atoms with E-state index >= 15 is 0 Å². The number of nitrogens with zero attached hydrogens (tertiary/aromatic N) is 1. The summed E-state index contributed by atoms with van der Waals surface area (Å²) in [5.74, 6) is 0.662. The molecule has 0 atom stereocenters. The van der Waals surface area contributed by atoms with Gasteiger partial charge in [0, 0.05) is 10.9 Å². The highest BCUT2D eigenvalue weighted by molar-refractivity contribution is 9.10. The zero-order chi connectivity index (χ0) is 10.7. The Balaban J connectivity index is 2.05. The second-order valence-corrected chi connectivity index (χ2v) is 5.02. The minimum atomic E-state index is 0.584. The van der Waals surface area contributed by atoms with E-state index in [1.165, 1.54) is 4.88 Å². The molecule has 0 saturated carbocycles. The van der Waals surface area contributed by atoms with Gasteiger partial charge in [-0.25, -0.2) is 4.98 Å². The van der Waals surface area contributed by atoms with E-state index in [2.05, 4.69) is 27.0 Å². The molecule has 0 aliphatic carbocycles. The van der Waals surface area contributed by atoms with Crippen molar-refractivity contribution < 1.29 is 4.74 Å².